The first-order chi connectivity index (χ1) is 13.5. The van der Waals surface area contributed by atoms with E-state index >= 15 is 0 Å². The van der Waals surface area contributed by atoms with E-state index in [1.165, 1.54) is 58.3 Å². The van der Waals surface area contributed by atoms with Crippen LogP contribution in [0.2, 0.25) is 0 Å². The van der Waals surface area contributed by atoms with Gasteiger partial charge >= 0.3 is 5.97 Å². The van der Waals surface area contributed by atoms with Gasteiger partial charge in [0.1, 0.15) is 5.75 Å². The maximum atomic E-state index is 12.3. The molecule has 5 heteroatoms. The van der Waals surface area contributed by atoms with Crippen molar-refractivity contribution in [2.75, 3.05) is 6.61 Å². The fourth-order valence-electron chi connectivity index (χ4n) is 3.49. The summed E-state index contributed by atoms with van der Waals surface area (Å²) in [4.78, 5) is 35.6. The average Bonchev–Trinajstić information content (AvgIpc) is 2.90. The number of benzene rings is 1. The highest BCUT2D eigenvalue weighted by Crippen LogP contribution is 2.28. The number of ketones is 2. The fraction of sp³-hybridized carbons (Fsp3) is 0.609. The molecule has 0 aliphatic heterocycles. The first-order valence-corrected chi connectivity index (χ1v) is 10.6. The van der Waals surface area contributed by atoms with Crippen molar-refractivity contribution in [2.24, 2.45) is 0 Å². The van der Waals surface area contributed by atoms with Gasteiger partial charge < -0.3 is 9.47 Å². The molecule has 1 atom stereocenters. The second-order valence-electron chi connectivity index (χ2n) is 7.46. The van der Waals surface area contributed by atoms with E-state index in [2.05, 4.69) is 6.92 Å². The molecule has 0 heterocycles. The van der Waals surface area contributed by atoms with E-state index in [0.717, 1.165) is 12.8 Å². The van der Waals surface area contributed by atoms with Gasteiger partial charge in [0.15, 0.2) is 0 Å². The molecule has 0 aromatic heterocycles. The Kier molecular flexibility index (Phi) is 9.18. The molecular weight excluding hydrogens is 356 g/mol. The molecule has 0 spiro atoms. The fourth-order valence-corrected chi connectivity index (χ4v) is 3.49. The zero-order chi connectivity index (χ0) is 20.4. The van der Waals surface area contributed by atoms with E-state index in [1.54, 1.807) is 18.2 Å². The van der Waals surface area contributed by atoms with Crippen LogP contribution < -0.4 is 4.74 Å². The van der Waals surface area contributed by atoms with Crippen molar-refractivity contribution >= 4 is 17.5 Å². The molecular formula is C23H32O5. The second-order valence-corrected chi connectivity index (χ2v) is 7.46. The number of Topliss-reactive ketones (excluding diaryl/α,β-unsaturated/α-hetero) is 2. The molecule has 28 heavy (non-hydrogen) atoms. The van der Waals surface area contributed by atoms with Gasteiger partial charge in [-0.25, -0.2) is 0 Å². The van der Waals surface area contributed by atoms with Gasteiger partial charge in [-0.1, -0.05) is 64.7 Å². The van der Waals surface area contributed by atoms with E-state index in [0.29, 0.717) is 17.9 Å². The predicted molar refractivity (Wildman–Crippen MR) is 108 cm³/mol. The number of rotatable bonds is 13. The normalized spacial score (nSPS) is 15.6. The van der Waals surface area contributed by atoms with Gasteiger partial charge in [0, 0.05) is 18.1 Å². The molecule has 0 saturated carbocycles. The standard InChI is InChI=1S/C23H32O5/c1-3-4-5-6-7-8-9-10-11-12-15-27-18-13-14-19-20(16-18)22(26)23(21(19)25)28-17(2)24/h13-14,16,23H,3-12,15H2,1-2H3. The molecule has 0 bridgehead atoms. The number of fused-ring (bicyclic) bond motifs is 1. The van der Waals surface area contributed by atoms with Gasteiger partial charge in [0.05, 0.1) is 6.61 Å². The van der Waals surface area contributed by atoms with Gasteiger partial charge in [-0.2, -0.15) is 0 Å². The molecule has 1 aromatic carbocycles. The smallest absolute Gasteiger partial charge is 0.303 e. The maximum absolute atomic E-state index is 12.3. The van der Waals surface area contributed by atoms with Crippen LogP contribution in [0.15, 0.2) is 18.2 Å². The first kappa shape index (κ1) is 22.1. The highest BCUT2D eigenvalue weighted by molar-refractivity contribution is 6.29. The molecule has 0 saturated heterocycles. The summed E-state index contributed by atoms with van der Waals surface area (Å²) in [6.07, 6.45) is 11.3. The highest BCUT2D eigenvalue weighted by Gasteiger charge is 2.41. The van der Waals surface area contributed by atoms with Crippen LogP contribution in [0.25, 0.3) is 0 Å². The number of hydrogen-bond donors (Lipinski definition) is 0. The Morgan fingerprint density at radius 2 is 1.43 bits per heavy atom. The lowest BCUT2D eigenvalue weighted by atomic mass is 10.1. The van der Waals surface area contributed by atoms with E-state index in [1.807, 2.05) is 0 Å². The van der Waals surface area contributed by atoms with Crippen molar-refractivity contribution in [1.29, 1.82) is 0 Å². The van der Waals surface area contributed by atoms with Gasteiger partial charge in [0.25, 0.3) is 0 Å². The topological polar surface area (TPSA) is 69.7 Å². The van der Waals surface area contributed by atoms with Gasteiger partial charge in [-0.05, 0) is 24.6 Å². The van der Waals surface area contributed by atoms with Crippen LogP contribution in [0.3, 0.4) is 0 Å². The molecule has 1 aliphatic rings. The molecule has 154 valence electrons. The van der Waals surface area contributed by atoms with Crippen LogP contribution in [0.5, 0.6) is 5.75 Å². The third-order valence-corrected chi connectivity index (χ3v) is 5.05. The summed E-state index contributed by atoms with van der Waals surface area (Å²) < 4.78 is 10.6. The Bertz CT molecular complexity index is 680. The van der Waals surface area contributed by atoms with Crippen molar-refractivity contribution in [3.8, 4) is 5.75 Å². The Hall–Kier alpha value is -2.17. The number of carbonyl (C=O) groups is 3. The Morgan fingerprint density at radius 1 is 0.857 bits per heavy atom. The van der Waals surface area contributed by atoms with Crippen LogP contribution in [0.4, 0.5) is 0 Å². The zero-order valence-corrected chi connectivity index (χ0v) is 17.1. The molecule has 2 rings (SSSR count). The third-order valence-electron chi connectivity index (χ3n) is 5.05. The lowest BCUT2D eigenvalue weighted by Crippen LogP contribution is -2.27. The lowest BCUT2D eigenvalue weighted by Gasteiger charge is -2.07. The van der Waals surface area contributed by atoms with Crippen LogP contribution in [0, 0.1) is 0 Å². The number of esters is 1. The third kappa shape index (κ3) is 6.47. The van der Waals surface area contributed by atoms with Crippen LogP contribution in [0.1, 0.15) is 98.8 Å². The van der Waals surface area contributed by atoms with Crippen LogP contribution in [-0.2, 0) is 9.53 Å². The minimum absolute atomic E-state index is 0.275. The highest BCUT2D eigenvalue weighted by atomic mass is 16.5. The van der Waals surface area contributed by atoms with Crippen molar-refractivity contribution in [2.45, 2.75) is 84.2 Å². The van der Waals surface area contributed by atoms with Crippen molar-refractivity contribution in [3.05, 3.63) is 29.3 Å². The SMILES string of the molecule is CCCCCCCCCCCCOc1ccc2c(c1)C(=O)C(OC(C)=O)C2=O. The summed E-state index contributed by atoms with van der Waals surface area (Å²) in [6, 6.07) is 4.85. The minimum atomic E-state index is -1.34. The largest absolute Gasteiger partial charge is 0.494 e. The number of carbonyl (C=O) groups excluding carboxylic acids is 3. The lowest BCUT2D eigenvalue weighted by molar-refractivity contribution is -0.142. The molecule has 0 amide bonds. The summed E-state index contributed by atoms with van der Waals surface area (Å²) in [5.41, 5.74) is 0.569. The summed E-state index contributed by atoms with van der Waals surface area (Å²) in [6.45, 7) is 4.01. The Balaban J connectivity index is 1.66. The van der Waals surface area contributed by atoms with Crippen molar-refractivity contribution < 1.29 is 23.9 Å². The molecule has 0 radical (unpaired) electrons. The quantitative estimate of drug-likeness (QED) is 0.261. The van der Waals surface area contributed by atoms with E-state index in [9.17, 15) is 14.4 Å². The van der Waals surface area contributed by atoms with Gasteiger partial charge in [0.2, 0.25) is 17.7 Å². The molecule has 1 unspecified atom stereocenters. The molecule has 5 nitrogen and oxygen atoms in total. The Labute approximate surface area is 167 Å². The van der Waals surface area contributed by atoms with Crippen molar-refractivity contribution in [1.82, 2.24) is 0 Å². The molecule has 0 fully saturated rings. The molecule has 1 aromatic rings. The minimum Gasteiger partial charge on any atom is -0.494 e. The number of unbranched alkanes of at least 4 members (excludes halogenated alkanes) is 9. The molecule has 0 N–H and O–H groups in total. The summed E-state index contributed by atoms with van der Waals surface area (Å²) in [7, 11) is 0. The van der Waals surface area contributed by atoms with Crippen LogP contribution in [-0.4, -0.2) is 30.2 Å². The van der Waals surface area contributed by atoms with Gasteiger partial charge in [-0.15, -0.1) is 0 Å². The zero-order valence-electron chi connectivity index (χ0n) is 17.1. The summed E-state index contributed by atoms with van der Waals surface area (Å²) in [5.74, 6) is -1.01. The summed E-state index contributed by atoms with van der Waals surface area (Å²) >= 11 is 0. The van der Waals surface area contributed by atoms with E-state index < -0.39 is 23.6 Å². The number of hydrogen-bond acceptors (Lipinski definition) is 5. The van der Waals surface area contributed by atoms with Gasteiger partial charge in [-0.3, -0.25) is 14.4 Å². The van der Waals surface area contributed by atoms with Crippen LogP contribution >= 0.6 is 0 Å². The Morgan fingerprint density at radius 3 is 2.04 bits per heavy atom. The van der Waals surface area contributed by atoms with Crippen molar-refractivity contribution in [3.63, 3.8) is 0 Å². The monoisotopic (exact) mass is 388 g/mol. The molecule has 1 aliphatic carbocycles. The average molecular weight is 389 g/mol. The first-order valence-electron chi connectivity index (χ1n) is 10.6. The number of ether oxygens (including phenoxy) is 2. The second kappa shape index (κ2) is 11.6. The maximum Gasteiger partial charge on any atom is 0.303 e. The predicted octanol–water partition coefficient (Wildman–Crippen LogP) is 5.30. The van der Waals surface area contributed by atoms with E-state index in [4.69, 9.17) is 9.47 Å². The van der Waals surface area contributed by atoms with E-state index in [-0.39, 0.29) is 5.56 Å². The summed E-state index contributed by atoms with van der Waals surface area (Å²) in [5, 5.41) is 0.